The summed E-state index contributed by atoms with van der Waals surface area (Å²) < 4.78 is 5.42. The van der Waals surface area contributed by atoms with E-state index >= 15 is 0 Å². The number of rotatable bonds is 7. The Labute approximate surface area is 167 Å². The van der Waals surface area contributed by atoms with Crippen LogP contribution in [0.3, 0.4) is 0 Å². The third-order valence-electron chi connectivity index (χ3n) is 4.40. The van der Waals surface area contributed by atoms with Crippen LogP contribution in [0.15, 0.2) is 54.6 Å². The van der Waals surface area contributed by atoms with Crippen molar-refractivity contribution in [2.75, 3.05) is 5.32 Å². The quantitative estimate of drug-likeness (QED) is 0.491. The van der Waals surface area contributed by atoms with E-state index in [1.807, 2.05) is 19.1 Å². The molecule has 2 atom stereocenters. The van der Waals surface area contributed by atoms with Crippen molar-refractivity contribution >= 4 is 29.5 Å². The zero-order chi connectivity index (χ0) is 20.8. The van der Waals surface area contributed by atoms with Crippen LogP contribution in [0.1, 0.15) is 30.1 Å². The maximum Gasteiger partial charge on any atom is 0.322 e. The van der Waals surface area contributed by atoms with Crippen LogP contribution in [-0.2, 0) is 19.1 Å². The lowest BCUT2D eigenvalue weighted by Crippen LogP contribution is -2.30. The molecule has 0 spiro atoms. The summed E-state index contributed by atoms with van der Waals surface area (Å²) in [7, 11) is 0. The van der Waals surface area contributed by atoms with E-state index in [1.165, 1.54) is 0 Å². The molecule has 2 aromatic carbocycles. The van der Waals surface area contributed by atoms with Crippen LogP contribution in [0.5, 0.6) is 0 Å². The minimum atomic E-state index is -1.14. The average molecular weight is 395 g/mol. The number of anilines is 1. The van der Waals surface area contributed by atoms with Gasteiger partial charge in [0, 0.05) is 17.7 Å². The van der Waals surface area contributed by atoms with Crippen LogP contribution >= 0.6 is 0 Å². The number of amides is 4. The first kappa shape index (κ1) is 20.1. The van der Waals surface area contributed by atoms with Crippen molar-refractivity contribution in [2.24, 2.45) is 0 Å². The predicted molar refractivity (Wildman–Crippen MR) is 105 cm³/mol. The summed E-state index contributed by atoms with van der Waals surface area (Å²) in [6.45, 7) is 1.94. The Morgan fingerprint density at radius 1 is 1.07 bits per heavy atom. The molecule has 1 aliphatic heterocycles. The molecule has 3 N–H and O–H groups in total. The van der Waals surface area contributed by atoms with Crippen LogP contribution in [0.4, 0.5) is 10.5 Å². The molecule has 1 heterocycles. The molecule has 3 rings (SSSR count). The van der Waals surface area contributed by atoms with Gasteiger partial charge in [-0.1, -0.05) is 48.0 Å². The zero-order valence-corrected chi connectivity index (χ0v) is 15.8. The number of hydrogen-bond donors (Lipinski definition) is 3. The highest BCUT2D eigenvalue weighted by molar-refractivity contribution is 6.04. The maximum absolute atomic E-state index is 12.8. The molecule has 0 bridgehead atoms. The molecule has 2 unspecified atom stereocenters. The van der Waals surface area contributed by atoms with E-state index in [1.54, 1.807) is 42.5 Å². The average Bonchev–Trinajstić information content (AvgIpc) is 3.04. The summed E-state index contributed by atoms with van der Waals surface area (Å²) in [6.07, 6.45) is -1.19. The summed E-state index contributed by atoms with van der Waals surface area (Å²) in [6, 6.07) is 14.5. The summed E-state index contributed by atoms with van der Waals surface area (Å²) in [5, 5.41) is 7.26. The lowest BCUT2D eigenvalue weighted by molar-refractivity contribution is -0.155. The van der Waals surface area contributed by atoms with E-state index < -0.39 is 36.0 Å². The van der Waals surface area contributed by atoms with Gasteiger partial charge in [0.05, 0.1) is 0 Å². The molecule has 8 heteroatoms. The summed E-state index contributed by atoms with van der Waals surface area (Å²) in [5.74, 6) is -1.62. The highest BCUT2D eigenvalue weighted by Gasteiger charge is 2.31. The van der Waals surface area contributed by atoms with Gasteiger partial charge in [0.2, 0.25) is 6.10 Å². The highest BCUT2D eigenvalue weighted by Crippen LogP contribution is 2.21. The van der Waals surface area contributed by atoms with Gasteiger partial charge in [-0.2, -0.15) is 0 Å². The molecule has 150 valence electrons. The zero-order valence-electron chi connectivity index (χ0n) is 15.8. The number of urea groups is 1. The Balaban J connectivity index is 1.66. The number of aryl methyl sites for hydroxylation is 1. The molecule has 0 aromatic heterocycles. The van der Waals surface area contributed by atoms with Gasteiger partial charge in [-0.25, -0.2) is 4.79 Å². The second-order valence-electron chi connectivity index (χ2n) is 6.69. The smallest absolute Gasteiger partial charge is 0.322 e. The number of hydrogen-bond acceptors (Lipinski definition) is 5. The van der Waals surface area contributed by atoms with Crippen LogP contribution in [-0.4, -0.2) is 29.9 Å². The van der Waals surface area contributed by atoms with E-state index in [0.29, 0.717) is 11.3 Å². The van der Waals surface area contributed by atoms with Crippen molar-refractivity contribution < 1.29 is 23.9 Å². The summed E-state index contributed by atoms with van der Waals surface area (Å²) >= 11 is 0. The largest absolute Gasteiger partial charge is 0.447 e. The number of imide groups is 1. The molecule has 1 saturated heterocycles. The molecule has 0 aliphatic carbocycles. The van der Waals surface area contributed by atoms with E-state index in [2.05, 4.69) is 16.0 Å². The fourth-order valence-electron chi connectivity index (χ4n) is 2.86. The fourth-order valence-corrected chi connectivity index (χ4v) is 2.86. The van der Waals surface area contributed by atoms with Crippen LogP contribution in [0, 0.1) is 6.92 Å². The van der Waals surface area contributed by atoms with Gasteiger partial charge in [-0.15, -0.1) is 0 Å². The molecule has 4 amide bonds. The normalized spacial score (nSPS) is 16.5. The van der Waals surface area contributed by atoms with E-state index in [9.17, 15) is 19.2 Å². The topological polar surface area (TPSA) is 114 Å². The Morgan fingerprint density at radius 2 is 1.76 bits per heavy atom. The number of nitrogens with one attached hydrogen (secondary N) is 3. The van der Waals surface area contributed by atoms with Crippen molar-refractivity contribution in [3.8, 4) is 0 Å². The fraction of sp³-hybridized carbons (Fsp3) is 0.238. The minimum absolute atomic E-state index is 0.0809. The van der Waals surface area contributed by atoms with Crippen LogP contribution < -0.4 is 16.0 Å². The number of carbonyl (C=O) groups is 4. The molecule has 1 fully saturated rings. The summed E-state index contributed by atoms with van der Waals surface area (Å²) in [5.41, 5.74) is 2.16. The van der Waals surface area contributed by atoms with Gasteiger partial charge in [0.1, 0.15) is 6.04 Å². The Kier molecular flexibility index (Phi) is 6.23. The Bertz CT molecular complexity index is 912. The standard InChI is InChI=1S/C21H21N3O5/c1-13-7-9-15(10-8-13)22-20(27)18(14-5-3-2-4-6-14)29-17(25)12-11-16-19(26)24-21(28)23-16/h2-10,16,18H,11-12H2,1H3,(H,22,27)(H2,23,24,26,28). The van der Waals surface area contributed by atoms with Crippen molar-refractivity contribution in [1.29, 1.82) is 0 Å². The van der Waals surface area contributed by atoms with Gasteiger partial charge < -0.3 is 15.4 Å². The highest BCUT2D eigenvalue weighted by atomic mass is 16.5. The molecular weight excluding hydrogens is 374 g/mol. The summed E-state index contributed by atoms with van der Waals surface area (Å²) in [4.78, 5) is 47.8. The van der Waals surface area contributed by atoms with Crippen molar-refractivity contribution in [2.45, 2.75) is 31.9 Å². The van der Waals surface area contributed by atoms with E-state index in [0.717, 1.165) is 5.56 Å². The first-order valence-electron chi connectivity index (χ1n) is 9.15. The third kappa shape index (κ3) is 5.41. The van der Waals surface area contributed by atoms with E-state index in [4.69, 9.17) is 4.74 Å². The van der Waals surface area contributed by atoms with E-state index in [-0.39, 0.29) is 12.8 Å². The van der Waals surface area contributed by atoms with Gasteiger partial charge >= 0.3 is 12.0 Å². The first-order valence-corrected chi connectivity index (χ1v) is 9.15. The molecule has 0 saturated carbocycles. The Hall–Kier alpha value is -3.68. The van der Waals surface area contributed by atoms with Crippen molar-refractivity contribution in [3.05, 3.63) is 65.7 Å². The second kappa shape index (κ2) is 9.01. The molecule has 29 heavy (non-hydrogen) atoms. The van der Waals surface area contributed by atoms with Crippen molar-refractivity contribution in [3.63, 3.8) is 0 Å². The van der Waals surface area contributed by atoms with Gasteiger partial charge in [0.25, 0.3) is 11.8 Å². The lowest BCUT2D eigenvalue weighted by Gasteiger charge is -2.18. The van der Waals surface area contributed by atoms with Gasteiger partial charge in [-0.3, -0.25) is 19.7 Å². The second-order valence-corrected chi connectivity index (χ2v) is 6.69. The number of esters is 1. The SMILES string of the molecule is Cc1ccc(NC(=O)C(OC(=O)CCC2NC(=O)NC2=O)c2ccccc2)cc1. The van der Waals surface area contributed by atoms with Crippen LogP contribution in [0.25, 0.3) is 0 Å². The van der Waals surface area contributed by atoms with Gasteiger partial charge in [0.15, 0.2) is 0 Å². The molecule has 8 nitrogen and oxygen atoms in total. The molecule has 1 aliphatic rings. The number of benzene rings is 2. The Morgan fingerprint density at radius 3 is 2.38 bits per heavy atom. The van der Waals surface area contributed by atoms with Crippen LogP contribution in [0.2, 0.25) is 0 Å². The first-order chi connectivity index (χ1) is 13.9. The lowest BCUT2D eigenvalue weighted by atomic mass is 10.1. The monoisotopic (exact) mass is 395 g/mol. The predicted octanol–water partition coefficient (Wildman–Crippen LogP) is 2.21. The minimum Gasteiger partial charge on any atom is -0.447 e. The molecule has 0 radical (unpaired) electrons. The molecule has 2 aromatic rings. The number of carbonyl (C=O) groups excluding carboxylic acids is 4. The van der Waals surface area contributed by atoms with Crippen molar-refractivity contribution in [1.82, 2.24) is 10.6 Å². The van der Waals surface area contributed by atoms with Gasteiger partial charge in [-0.05, 0) is 25.5 Å². The third-order valence-corrected chi connectivity index (χ3v) is 4.40. The maximum atomic E-state index is 12.8. The number of ether oxygens (including phenoxy) is 1. The molecular formula is C21H21N3O5.